The van der Waals surface area contributed by atoms with Crippen LogP contribution in [0, 0.1) is 5.92 Å². The Labute approximate surface area is 119 Å². The molecule has 1 aromatic rings. The molecule has 8 heteroatoms. The van der Waals surface area contributed by atoms with Crippen molar-refractivity contribution in [1.82, 2.24) is 10.3 Å². The number of ether oxygens (including phenoxy) is 1. The Morgan fingerprint density at radius 2 is 2.10 bits per heavy atom. The first-order chi connectivity index (χ1) is 9.31. The van der Waals surface area contributed by atoms with Crippen molar-refractivity contribution in [2.45, 2.75) is 39.3 Å². The van der Waals surface area contributed by atoms with Gasteiger partial charge < -0.3 is 10.1 Å². The number of hydrogen-bond acceptors (Lipinski definition) is 4. The smallest absolute Gasteiger partial charge is 0.330 e. The van der Waals surface area contributed by atoms with E-state index in [0.29, 0.717) is 17.5 Å². The van der Waals surface area contributed by atoms with E-state index in [0.717, 1.165) is 12.2 Å². The molecule has 1 N–H and O–H groups in total. The second kappa shape index (κ2) is 7.90. The lowest BCUT2D eigenvalue weighted by Gasteiger charge is -2.14. The first-order valence-electron chi connectivity index (χ1n) is 6.19. The number of thiazole rings is 1. The molecule has 0 aliphatic carbocycles. The first-order valence-corrected chi connectivity index (χ1v) is 7.07. The molecule has 0 bridgehead atoms. The number of rotatable bonds is 9. The van der Waals surface area contributed by atoms with Gasteiger partial charge in [0.2, 0.25) is 0 Å². The third-order valence-electron chi connectivity index (χ3n) is 2.30. The fraction of sp³-hybridized carbons (Fsp3) is 0.750. The molecule has 0 fully saturated rings. The molecule has 0 spiro atoms. The van der Waals surface area contributed by atoms with Crippen LogP contribution in [0.15, 0.2) is 5.38 Å². The Morgan fingerprint density at radius 3 is 2.70 bits per heavy atom. The van der Waals surface area contributed by atoms with Gasteiger partial charge in [-0.25, -0.2) is 13.8 Å². The van der Waals surface area contributed by atoms with Gasteiger partial charge in [0.25, 0.3) is 0 Å². The van der Waals surface area contributed by atoms with Gasteiger partial charge >= 0.3 is 12.3 Å². The lowest BCUT2D eigenvalue weighted by Crippen LogP contribution is -2.32. The van der Waals surface area contributed by atoms with Crippen molar-refractivity contribution >= 4 is 11.3 Å². The molecular weight excluding hydrogens is 296 g/mol. The van der Waals surface area contributed by atoms with Gasteiger partial charge in [-0.1, -0.05) is 13.8 Å². The van der Waals surface area contributed by atoms with E-state index in [9.17, 15) is 17.6 Å². The molecule has 0 aliphatic rings. The second-order valence-electron chi connectivity index (χ2n) is 4.81. The Morgan fingerprint density at radius 1 is 1.40 bits per heavy atom. The van der Waals surface area contributed by atoms with Crippen LogP contribution in [0.1, 0.15) is 24.5 Å². The zero-order chi connectivity index (χ0) is 15.2. The van der Waals surface area contributed by atoms with E-state index in [1.54, 1.807) is 5.38 Å². The molecule has 1 heterocycles. The summed E-state index contributed by atoms with van der Waals surface area (Å²) >= 11 is 1.26. The topological polar surface area (TPSA) is 34.1 Å². The number of nitrogens with one attached hydrogen (secondary N) is 1. The van der Waals surface area contributed by atoms with E-state index in [2.05, 4.69) is 28.9 Å². The average molecular weight is 314 g/mol. The molecule has 1 rings (SSSR count). The van der Waals surface area contributed by atoms with Crippen molar-refractivity contribution in [2.75, 3.05) is 13.2 Å². The molecule has 0 saturated carbocycles. The van der Waals surface area contributed by atoms with Gasteiger partial charge in [0.1, 0.15) is 11.6 Å². The van der Waals surface area contributed by atoms with Gasteiger partial charge in [-0.3, -0.25) is 0 Å². The molecule has 0 amide bonds. The zero-order valence-electron chi connectivity index (χ0n) is 11.3. The Hall–Kier alpha value is -0.730. The van der Waals surface area contributed by atoms with Crippen LogP contribution in [0.25, 0.3) is 0 Å². The largest absolute Gasteiger partial charge is 0.368 e. The lowest BCUT2D eigenvalue weighted by atomic mass is 10.2. The number of aromatic nitrogens is 1. The van der Waals surface area contributed by atoms with Crippen molar-refractivity contribution in [3.05, 3.63) is 16.1 Å². The molecular formula is C12H18F4N2OS. The fourth-order valence-electron chi connectivity index (χ4n) is 1.32. The van der Waals surface area contributed by atoms with Crippen molar-refractivity contribution in [1.29, 1.82) is 0 Å². The van der Waals surface area contributed by atoms with Crippen molar-refractivity contribution in [3.8, 4) is 0 Å². The highest BCUT2D eigenvalue weighted by Crippen LogP contribution is 2.23. The highest BCUT2D eigenvalue weighted by Gasteiger charge is 2.40. The third kappa shape index (κ3) is 6.15. The predicted octanol–water partition coefficient (Wildman–Crippen LogP) is 3.31. The molecule has 0 saturated heterocycles. The maximum absolute atomic E-state index is 12.6. The summed E-state index contributed by atoms with van der Waals surface area (Å²) in [4.78, 5) is 4.17. The van der Waals surface area contributed by atoms with Crippen LogP contribution in [-0.2, 0) is 17.9 Å². The van der Waals surface area contributed by atoms with E-state index in [-0.39, 0.29) is 6.61 Å². The molecule has 0 atom stereocenters. The van der Waals surface area contributed by atoms with Crippen molar-refractivity contribution in [2.24, 2.45) is 5.92 Å². The van der Waals surface area contributed by atoms with Crippen LogP contribution in [0.3, 0.4) is 0 Å². The molecule has 116 valence electrons. The minimum Gasteiger partial charge on any atom is -0.368 e. The summed E-state index contributed by atoms with van der Waals surface area (Å²) in [6, 6.07) is 0. The van der Waals surface area contributed by atoms with E-state index in [1.165, 1.54) is 11.3 Å². The maximum Gasteiger partial charge on any atom is 0.330 e. The minimum atomic E-state index is -4.11. The van der Waals surface area contributed by atoms with Crippen LogP contribution in [0.5, 0.6) is 0 Å². The van der Waals surface area contributed by atoms with Crippen molar-refractivity contribution in [3.63, 3.8) is 0 Å². The van der Waals surface area contributed by atoms with Crippen molar-refractivity contribution < 1.29 is 22.3 Å². The Kier molecular flexibility index (Phi) is 6.84. The fourth-order valence-corrected chi connectivity index (χ4v) is 2.05. The molecule has 0 radical (unpaired) electrons. The van der Waals surface area contributed by atoms with Crippen LogP contribution in [-0.4, -0.2) is 30.5 Å². The summed E-state index contributed by atoms with van der Waals surface area (Å²) in [5.41, 5.74) is 0.787. The highest BCUT2D eigenvalue weighted by molar-refractivity contribution is 7.09. The van der Waals surface area contributed by atoms with Crippen LogP contribution in [0.2, 0.25) is 0 Å². The summed E-state index contributed by atoms with van der Waals surface area (Å²) in [7, 11) is 0. The monoisotopic (exact) mass is 314 g/mol. The number of halogens is 4. The van der Waals surface area contributed by atoms with Gasteiger partial charge in [0, 0.05) is 11.9 Å². The Bertz CT molecular complexity index is 399. The van der Waals surface area contributed by atoms with Crippen LogP contribution >= 0.6 is 11.3 Å². The van der Waals surface area contributed by atoms with Crippen LogP contribution < -0.4 is 5.32 Å². The molecule has 0 aromatic carbocycles. The molecule has 0 aliphatic heterocycles. The summed E-state index contributed by atoms with van der Waals surface area (Å²) in [6.45, 7) is 4.11. The van der Waals surface area contributed by atoms with E-state index in [1.807, 2.05) is 0 Å². The van der Waals surface area contributed by atoms with E-state index in [4.69, 9.17) is 0 Å². The van der Waals surface area contributed by atoms with Gasteiger partial charge in [-0.15, -0.1) is 11.3 Å². The van der Waals surface area contributed by atoms with Gasteiger partial charge in [0.15, 0.2) is 0 Å². The second-order valence-corrected chi connectivity index (χ2v) is 5.75. The summed E-state index contributed by atoms with van der Waals surface area (Å²) in [5.74, 6) is -3.59. The standard InChI is InChI=1S/C12H18F4N2OS/c1-8(2)3-17-4-9-6-20-10(18-9)5-19-7-12(15,16)11(13)14/h6,8,11,17H,3-5,7H2,1-2H3. The average Bonchev–Trinajstić information content (AvgIpc) is 2.76. The highest BCUT2D eigenvalue weighted by atomic mass is 32.1. The SMILES string of the molecule is CC(C)CNCc1csc(COCC(F)(F)C(F)F)n1. The lowest BCUT2D eigenvalue weighted by molar-refractivity contribution is -0.168. The number of alkyl halides is 4. The van der Waals surface area contributed by atoms with E-state index < -0.39 is 19.0 Å². The number of nitrogens with zero attached hydrogens (tertiary/aromatic N) is 1. The normalized spacial score (nSPS) is 12.6. The van der Waals surface area contributed by atoms with Crippen LogP contribution in [0.4, 0.5) is 17.6 Å². The zero-order valence-corrected chi connectivity index (χ0v) is 12.2. The van der Waals surface area contributed by atoms with Gasteiger partial charge in [-0.05, 0) is 12.5 Å². The predicted molar refractivity (Wildman–Crippen MR) is 69.3 cm³/mol. The van der Waals surface area contributed by atoms with Gasteiger partial charge in [-0.2, -0.15) is 8.78 Å². The van der Waals surface area contributed by atoms with Gasteiger partial charge in [0.05, 0.1) is 12.3 Å². The summed E-state index contributed by atoms with van der Waals surface area (Å²) in [6.07, 6.45) is -3.71. The molecule has 1 aromatic heterocycles. The first kappa shape index (κ1) is 17.3. The summed E-state index contributed by atoms with van der Waals surface area (Å²) < 4.78 is 53.6. The third-order valence-corrected chi connectivity index (χ3v) is 3.17. The molecule has 20 heavy (non-hydrogen) atoms. The number of hydrogen-bond donors (Lipinski definition) is 1. The molecule has 0 unspecified atom stereocenters. The van der Waals surface area contributed by atoms with E-state index >= 15 is 0 Å². The quantitative estimate of drug-likeness (QED) is 0.710. The minimum absolute atomic E-state index is 0.183. The summed E-state index contributed by atoms with van der Waals surface area (Å²) in [5, 5.41) is 5.48. The molecule has 3 nitrogen and oxygen atoms in total. The Balaban J connectivity index is 2.30. The maximum atomic E-state index is 12.6.